The number of aliphatic carboxylic acids is 1. The number of aromatic amines is 1. The Morgan fingerprint density at radius 2 is 1.76 bits per heavy atom. The minimum Gasteiger partial charge on any atom is -0.480 e. The summed E-state index contributed by atoms with van der Waals surface area (Å²) in [6.07, 6.45) is 2.71. The standard InChI is InChI=1S/C26H37N5O6/c1-4-14(2)21(25(35)31-22(15(3)32)26(36)37)30-24(34)20(29-23(33)19-10-7-11-27-19)12-16-13-28-18-9-6-5-8-17(16)18/h5-6,8-9,13-15,19-22,27-28,32H,4,7,10-12H2,1-3H3,(H,29,33)(H,30,34)(H,31,35)(H,36,37). The maximum atomic E-state index is 13.5. The number of hydrogen-bond donors (Lipinski definition) is 7. The van der Waals surface area contributed by atoms with Gasteiger partial charge in [0.15, 0.2) is 6.04 Å². The van der Waals surface area contributed by atoms with Crippen LogP contribution in [0.4, 0.5) is 0 Å². The first kappa shape index (κ1) is 28.1. The van der Waals surface area contributed by atoms with Gasteiger partial charge < -0.3 is 36.5 Å². The third-order valence-electron chi connectivity index (χ3n) is 6.95. The second kappa shape index (κ2) is 12.7. The van der Waals surface area contributed by atoms with E-state index in [-0.39, 0.29) is 18.2 Å². The first-order valence-electron chi connectivity index (χ1n) is 12.7. The molecular weight excluding hydrogens is 478 g/mol. The number of benzene rings is 1. The van der Waals surface area contributed by atoms with Crippen molar-refractivity contribution in [2.45, 2.75) is 76.7 Å². The number of amides is 3. The molecule has 0 spiro atoms. The van der Waals surface area contributed by atoms with E-state index in [0.29, 0.717) is 12.8 Å². The number of hydrogen-bond acceptors (Lipinski definition) is 6. The van der Waals surface area contributed by atoms with Crippen molar-refractivity contribution in [3.8, 4) is 0 Å². The van der Waals surface area contributed by atoms with Crippen LogP contribution >= 0.6 is 0 Å². The molecule has 6 unspecified atom stereocenters. The molecular formula is C26H37N5O6. The molecule has 6 atom stereocenters. The Balaban J connectivity index is 1.83. The number of fused-ring (bicyclic) bond motifs is 1. The second-order valence-corrected chi connectivity index (χ2v) is 9.71. The lowest BCUT2D eigenvalue weighted by Crippen LogP contribution is -2.60. The van der Waals surface area contributed by atoms with Gasteiger partial charge in [-0.3, -0.25) is 14.4 Å². The molecule has 202 valence electrons. The summed E-state index contributed by atoms with van der Waals surface area (Å²) in [6.45, 7) is 5.59. The summed E-state index contributed by atoms with van der Waals surface area (Å²) in [5.41, 5.74) is 1.73. The summed E-state index contributed by atoms with van der Waals surface area (Å²) >= 11 is 0. The lowest BCUT2D eigenvalue weighted by atomic mass is 9.96. The molecule has 1 fully saturated rings. The molecule has 0 saturated carbocycles. The van der Waals surface area contributed by atoms with E-state index in [4.69, 9.17) is 0 Å². The molecule has 0 bridgehead atoms. The van der Waals surface area contributed by atoms with E-state index >= 15 is 0 Å². The number of carbonyl (C=O) groups excluding carboxylic acids is 3. The van der Waals surface area contributed by atoms with Crippen LogP contribution in [0.15, 0.2) is 30.5 Å². The summed E-state index contributed by atoms with van der Waals surface area (Å²) < 4.78 is 0. The van der Waals surface area contributed by atoms with E-state index in [2.05, 4.69) is 26.3 Å². The topological polar surface area (TPSA) is 173 Å². The van der Waals surface area contributed by atoms with Crippen molar-refractivity contribution >= 4 is 34.6 Å². The van der Waals surface area contributed by atoms with Gasteiger partial charge in [-0.05, 0) is 43.9 Å². The van der Waals surface area contributed by atoms with Gasteiger partial charge in [0.05, 0.1) is 12.1 Å². The molecule has 0 radical (unpaired) electrons. The summed E-state index contributed by atoms with van der Waals surface area (Å²) in [5.74, 6) is -3.28. The number of para-hydroxylation sites is 1. The summed E-state index contributed by atoms with van der Waals surface area (Å²) in [7, 11) is 0. The predicted molar refractivity (Wildman–Crippen MR) is 138 cm³/mol. The Bertz CT molecular complexity index is 1110. The van der Waals surface area contributed by atoms with Crippen LogP contribution < -0.4 is 21.3 Å². The van der Waals surface area contributed by atoms with E-state index in [1.165, 1.54) is 6.92 Å². The third-order valence-corrected chi connectivity index (χ3v) is 6.95. The van der Waals surface area contributed by atoms with Crippen LogP contribution in [0.5, 0.6) is 0 Å². The Labute approximate surface area is 215 Å². The summed E-state index contributed by atoms with van der Waals surface area (Å²) in [5, 5.41) is 31.1. The molecule has 1 aliphatic heterocycles. The van der Waals surface area contributed by atoms with Gasteiger partial charge in [0.2, 0.25) is 17.7 Å². The fourth-order valence-electron chi connectivity index (χ4n) is 4.50. The minimum atomic E-state index is -1.52. The molecule has 7 N–H and O–H groups in total. The molecule has 1 aromatic carbocycles. The van der Waals surface area contributed by atoms with Crippen LogP contribution in [0.3, 0.4) is 0 Å². The third kappa shape index (κ3) is 7.07. The van der Waals surface area contributed by atoms with Gasteiger partial charge in [0.1, 0.15) is 12.1 Å². The lowest BCUT2D eigenvalue weighted by molar-refractivity contribution is -0.145. The zero-order valence-electron chi connectivity index (χ0n) is 21.4. The van der Waals surface area contributed by atoms with Crippen molar-refractivity contribution in [1.29, 1.82) is 0 Å². The van der Waals surface area contributed by atoms with Gasteiger partial charge in [-0.1, -0.05) is 38.5 Å². The number of nitrogens with one attached hydrogen (secondary N) is 5. The Kier molecular flexibility index (Phi) is 9.65. The van der Waals surface area contributed by atoms with E-state index in [1.54, 1.807) is 13.1 Å². The number of H-pyrrole nitrogens is 1. The number of aliphatic hydroxyl groups excluding tert-OH is 1. The predicted octanol–water partition coefficient (Wildman–Crippen LogP) is 0.428. The maximum absolute atomic E-state index is 13.5. The second-order valence-electron chi connectivity index (χ2n) is 9.71. The number of aromatic nitrogens is 1. The molecule has 11 heteroatoms. The van der Waals surface area contributed by atoms with Gasteiger partial charge in [-0.2, -0.15) is 0 Å². The average molecular weight is 516 g/mol. The Morgan fingerprint density at radius 3 is 2.38 bits per heavy atom. The molecule has 1 aliphatic rings. The highest BCUT2D eigenvalue weighted by molar-refractivity contribution is 5.95. The molecule has 2 aromatic rings. The quantitative estimate of drug-likeness (QED) is 0.215. The number of carboxylic acid groups (broad SMARTS) is 1. The van der Waals surface area contributed by atoms with Crippen molar-refractivity contribution in [1.82, 2.24) is 26.3 Å². The van der Waals surface area contributed by atoms with Crippen LogP contribution in [-0.4, -0.2) is 75.7 Å². The van der Waals surface area contributed by atoms with Crippen molar-refractivity contribution in [3.63, 3.8) is 0 Å². The molecule has 3 amide bonds. The molecule has 0 aliphatic carbocycles. The van der Waals surface area contributed by atoms with Crippen LogP contribution in [0.1, 0.15) is 45.6 Å². The molecule has 11 nitrogen and oxygen atoms in total. The van der Waals surface area contributed by atoms with Crippen molar-refractivity contribution < 1.29 is 29.4 Å². The van der Waals surface area contributed by atoms with Gasteiger partial charge in [-0.15, -0.1) is 0 Å². The molecule has 2 heterocycles. The summed E-state index contributed by atoms with van der Waals surface area (Å²) in [6, 6.07) is 3.67. The van der Waals surface area contributed by atoms with E-state index in [9.17, 15) is 29.4 Å². The van der Waals surface area contributed by atoms with Crippen LogP contribution in [0.2, 0.25) is 0 Å². The van der Waals surface area contributed by atoms with Crippen molar-refractivity contribution in [3.05, 3.63) is 36.0 Å². The molecule has 1 aromatic heterocycles. The number of carbonyl (C=O) groups is 4. The SMILES string of the molecule is CCC(C)C(NC(=O)C(Cc1c[nH]c2ccccc12)NC(=O)C1CCCN1)C(=O)NC(C(=O)O)C(C)O. The largest absolute Gasteiger partial charge is 0.480 e. The first-order valence-corrected chi connectivity index (χ1v) is 12.7. The van der Waals surface area contributed by atoms with Crippen molar-refractivity contribution in [2.24, 2.45) is 5.92 Å². The van der Waals surface area contributed by atoms with Gasteiger partial charge in [-0.25, -0.2) is 4.79 Å². The molecule has 3 rings (SSSR count). The maximum Gasteiger partial charge on any atom is 0.328 e. The average Bonchev–Trinajstić information content (AvgIpc) is 3.55. The Hall–Kier alpha value is -3.44. The van der Waals surface area contributed by atoms with Crippen LogP contribution in [0, 0.1) is 5.92 Å². The van der Waals surface area contributed by atoms with Gasteiger partial charge in [0.25, 0.3) is 0 Å². The number of rotatable bonds is 12. The lowest BCUT2D eigenvalue weighted by Gasteiger charge is -2.28. The van der Waals surface area contributed by atoms with E-state index in [0.717, 1.165) is 29.4 Å². The van der Waals surface area contributed by atoms with Crippen LogP contribution in [-0.2, 0) is 25.6 Å². The van der Waals surface area contributed by atoms with Crippen LogP contribution in [0.25, 0.3) is 10.9 Å². The van der Waals surface area contributed by atoms with Gasteiger partial charge >= 0.3 is 5.97 Å². The van der Waals surface area contributed by atoms with Gasteiger partial charge in [0, 0.05) is 23.5 Å². The number of aliphatic hydroxyl groups is 1. The number of carboxylic acids is 1. The fourth-order valence-corrected chi connectivity index (χ4v) is 4.50. The smallest absolute Gasteiger partial charge is 0.328 e. The van der Waals surface area contributed by atoms with E-state index in [1.807, 2.05) is 31.2 Å². The highest BCUT2D eigenvalue weighted by Gasteiger charge is 2.34. The first-order chi connectivity index (χ1) is 17.6. The normalized spacial score (nSPS) is 19.4. The summed E-state index contributed by atoms with van der Waals surface area (Å²) in [4.78, 5) is 54.2. The zero-order chi connectivity index (χ0) is 27.1. The highest BCUT2D eigenvalue weighted by Crippen LogP contribution is 2.20. The molecule has 37 heavy (non-hydrogen) atoms. The fraction of sp³-hybridized carbons (Fsp3) is 0.538. The monoisotopic (exact) mass is 515 g/mol. The van der Waals surface area contributed by atoms with E-state index < -0.39 is 48.1 Å². The highest BCUT2D eigenvalue weighted by atomic mass is 16.4. The minimum absolute atomic E-state index is 0.189. The molecule has 1 saturated heterocycles. The Morgan fingerprint density at radius 1 is 1.05 bits per heavy atom. The zero-order valence-corrected chi connectivity index (χ0v) is 21.4. The van der Waals surface area contributed by atoms with Crippen molar-refractivity contribution in [2.75, 3.05) is 6.54 Å².